The third-order valence-corrected chi connectivity index (χ3v) is 6.09. The molecule has 0 saturated heterocycles. The molecule has 4 rings (SSSR count). The fourth-order valence-corrected chi connectivity index (χ4v) is 4.70. The van der Waals surface area contributed by atoms with Crippen LogP contribution in [0.4, 0.5) is 5.82 Å². The Morgan fingerprint density at radius 2 is 2.11 bits per heavy atom. The molecule has 3 aromatic rings. The standard InChI is InChI=1S/C20H25N5OS/c1-24(14-20-22-16-8-4-5-9-17(16)27-20)13-11-19(26)23-18-10-12-21-25(18)15-6-2-3-7-15/h4-5,8-10,12,15H,2-3,6-7,11,13-14H2,1H3,(H,23,26). The van der Waals surface area contributed by atoms with Crippen LogP contribution >= 0.6 is 11.3 Å². The number of carbonyl (C=O) groups is 1. The van der Waals surface area contributed by atoms with E-state index in [1.165, 1.54) is 17.5 Å². The van der Waals surface area contributed by atoms with Crippen molar-refractivity contribution in [3.63, 3.8) is 0 Å². The highest BCUT2D eigenvalue weighted by molar-refractivity contribution is 7.18. The quantitative estimate of drug-likeness (QED) is 0.668. The highest BCUT2D eigenvalue weighted by Gasteiger charge is 2.20. The maximum absolute atomic E-state index is 12.4. The van der Waals surface area contributed by atoms with E-state index < -0.39 is 0 Å². The second-order valence-electron chi connectivity index (χ2n) is 7.21. The van der Waals surface area contributed by atoms with Gasteiger partial charge in [-0.25, -0.2) is 9.67 Å². The van der Waals surface area contributed by atoms with Gasteiger partial charge in [-0.2, -0.15) is 5.10 Å². The van der Waals surface area contributed by atoms with Crippen LogP contribution in [-0.4, -0.2) is 39.2 Å². The maximum atomic E-state index is 12.4. The summed E-state index contributed by atoms with van der Waals surface area (Å²) in [6.45, 7) is 1.45. The smallest absolute Gasteiger partial charge is 0.226 e. The summed E-state index contributed by atoms with van der Waals surface area (Å²) in [5.74, 6) is 0.853. The van der Waals surface area contributed by atoms with Gasteiger partial charge in [0.25, 0.3) is 0 Å². The zero-order valence-corrected chi connectivity index (χ0v) is 16.4. The zero-order chi connectivity index (χ0) is 18.6. The van der Waals surface area contributed by atoms with E-state index in [9.17, 15) is 4.79 Å². The number of hydrogen-bond acceptors (Lipinski definition) is 5. The second-order valence-corrected chi connectivity index (χ2v) is 8.33. The van der Waals surface area contributed by atoms with Crippen molar-refractivity contribution in [2.24, 2.45) is 0 Å². The average Bonchev–Trinajstić information content (AvgIpc) is 3.39. The van der Waals surface area contributed by atoms with Crippen molar-refractivity contribution in [2.75, 3.05) is 18.9 Å². The number of hydrogen-bond donors (Lipinski definition) is 1. The summed E-state index contributed by atoms with van der Waals surface area (Å²) >= 11 is 1.71. The first kappa shape index (κ1) is 18.1. The maximum Gasteiger partial charge on any atom is 0.226 e. The summed E-state index contributed by atoms with van der Waals surface area (Å²) in [5.41, 5.74) is 1.05. The van der Waals surface area contributed by atoms with Crippen molar-refractivity contribution in [3.8, 4) is 0 Å². The number of anilines is 1. The van der Waals surface area contributed by atoms with Crippen LogP contribution in [0, 0.1) is 0 Å². The summed E-state index contributed by atoms with van der Waals surface area (Å²) in [6, 6.07) is 10.5. The molecule has 0 bridgehead atoms. The Morgan fingerprint density at radius 1 is 1.30 bits per heavy atom. The molecule has 1 amide bonds. The molecular formula is C20H25N5OS. The lowest BCUT2D eigenvalue weighted by Crippen LogP contribution is -2.25. The molecule has 2 heterocycles. The van der Waals surface area contributed by atoms with Gasteiger partial charge in [0, 0.05) is 19.0 Å². The van der Waals surface area contributed by atoms with E-state index in [1.54, 1.807) is 17.5 Å². The number of nitrogens with one attached hydrogen (secondary N) is 1. The molecule has 1 aliphatic carbocycles. The highest BCUT2D eigenvalue weighted by atomic mass is 32.1. The molecular weight excluding hydrogens is 358 g/mol. The minimum Gasteiger partial charge on any atom is -0.311 e. The molecule has 0 spiro atoms. The Hall–Kier alpha value is -2.25. The Bertz CT molecular complexity index is 879. The Labute approximate surface area is 163 Å². The normalized spacial score (nSPS) is 15.0. The molecule has 27 heavy (non-hydrogen) atoms. The van der Waals surface area contributed by atoms with Crippen LogP contribution in [0.25, 0.3) is 10.2 Å². The summed E-state index contributed by atoms with van der Waals surface area (Å²) in [5, 5.41) is 8.52. The van der Waals surface area contributed by atoms with Crippen molar-refractivity contribution >= 4 is 33.3 Å². The SMILES string of the molecule is CN(CCC(=O)Nc1ccnn1C1CCCC1)Cc1nc2ccccc2s1. The fraction of sp³-hybridized carbons (Fsp3) is 0.450. The largest absolute Gasteiger partial charge is 0.311 e. The molecule has 1 saturated carbocycles. The summed E-state index contributed by atoms with van der Waals surface area (Å²) in [7, 11) is 2.03. The molecule has 1 fully saturated rings. The van der Waals surface area contributed by atoms with E-state index >= 15 is 0 Å². The number of aromatic nitrogens is 3. The van der Waals surface area contributed by atoms with E-state index in [-0.39, 0.29) is 5.91 Å². The lowest BCUT2D eigenvalue weighted by atomic mass is 10.2. The first-order valence-corrected chi connectivity index (χ1v) is 10.4. The predicted octanol–water partition coefficient (Wildman–Crippen LogP) is 4.07. The highest BCUT2D eigenvalue weighted by Crippen LogP contribution is 2.31. The van der Waals surface area contributed by atoms with Crippen LogP contribution < -0.4 is 5.32 Å². The molecule has 1 aromatic carbocycles. The van der Waals surface area contributed by atoms with E-state index in [2.05, 4.69) is 26.4 Å². The van der Waals surface area contributed by atoms with E-state index in [0.717, 1.165) is 35.7 Å². The average molecular weight is 384 g/mol. The van der Waals surface area contributed by atoms with Crippen LogP contribution in [0.5, 0.6) is 0 Å². The molecule has 7 heteroatoms. The number of benzene rings is 1. The van der Waals surface area contributed by atoms with Gasteiger partial charge in [0.05, 0.1) is 29.0 Å². The van der Waals surface area contributed by atoms with E-state index in [1.807, 2.05) is 36.0 Å². The van der Waals surface area contributed by atoms with Crippen molar-refractivity contribution in [1.82, 2.24) is 19.7 Å². The molecule has 1 N–H and O–H groups in total. The molecule has 0 atom stereocenters. The number of thiazole rings is 1. The minimum atomic E-state index is 0.0332. The number of para-hydroxylation sites is 1. The third kappa shape index (κ3) is 4.36. The van der Waals surface area contributed by atoms with Crippen LogP contribution in [0.2, 0.25) is 0 Å². The monoisotopic (exact) mass is 383 g/mol. The molecule has 1 aliphatic rings. The molecule has 2 aromatic heterocycles. The number of rotatable bonds is 7. The summed E-state index contributed by atoms with van der Waals surface area (Å²) in [4.78, 5) is 19.2. The first-order chi connectivity index (χ1) is 13.2. The van der Waals surface area contributed by atoms with Crippen LogP contribution in [-0.2, 0) is 11.3 Å². The minimum absolute atomic E-state index is 0.0332. The van der Waals surface area contributed by atoms with E-state index in [0.29, 0.717) is 19.0 Å². The van der Waals surface area contributed by atoms with Crippen molar-refractivity contribution in [3.05, 3.63) is 41.5 Å². The van der Waals surface area contributed by atoms with Gasteiger partial charge in [-0.1, -0.05) is 25.0 Å². The second kappa shape index (κ2) is 8.19. The van der Waals surface area contributed by atoms with Crippen molar-refractivity contribution < 1.29 is 4.79 Å². The van der Waals surface area contributed by atoms with Crippen LogP contribution in [0.1, 0.15) is 43.2 Å². The zero-order valence-electron chi connectivity index (χ0n) is 15.6. The van der Waals surface area contributed by atoms with Crippen LogP contribution in [0.15, 0.2) is 36.5 Å². The lowest BCUT2D eigenvalue weighted by Gasteiger charge is -2.16. The first-order valence-electron chi connectivity index (χ1n) is 9.55. The van der Waals surface area contributed by atoms with Gasteiger partial charge in [-0.15, -0.1) is 11.3 Å². The number of fused-ring (bicyclic) bond motifs is 1. The fourth-order valence-electron chi connectivity index (χ4n) is 3.65. The van der Waals surface area contributed by atoms with Gasteiger partial charge in [0.1, 0.15) is 10.8 Å². The topological polar surface area (TPSA) is 63.1 Å². The van der Waals surface area contributed by atoms with E-state index in [4.69, 9.17) is 0 Å². The number of nitrogens with zero attached hydrogens (tertiary/aromatic N) is 4. The van der Waals surface area contributed by atoms with Gasteiger partial charge in [0.2, 0.25) is 5.91 Å². The number of carbonyl (C=O) groups excluding carboxylic acids is 1. The van der Waals surface area contributed by atoms with Crippen LogP contribution in [0.3, 0.4) is 0 Å². The van der Waals surface area contributed by atoms with Gasteiger partial charge < -0.3 is 5.32 Å². The Morgan fingerprint density at radius 3 is 2.93 bits per heavy atom. The van der Waals surface area contributed by atoms with Crippen molar-refractivity contribution in [1.29, 1.82) is 0 Å². The Kier molecular flexibility index (Phi) is 5.50. The summed E-state index contributed by atoms with van der Waals surface area (Å²) in [6.07, 6.45) is 7.01. The molecule has 0 radical (unpaired) electrons. The lowest BCUT2D eigenvalue weighted by molar-refractivity contribution is -0.116. The number of amides is 1. The summed E-state index contributed by atoms with van der Waals surface area (Å²) < 4.78 is 3.19. The van der Waals surface area contributed by atoms with Gasteiger partial charge in [-0.05, 0) is 32.0 Å². The van der Waals surface area contributed by atoms with Gasteiger partial charge >= 0.3 is 0 Å². The molecule has 6 nitrogen and oxygen atoms in total. The van der Waals surface area contributed by atoms with Gasteiger partial charge in [-0.3, -0.25) is 9.69 Å². The molecule has 0 aliphatic heterocycles. The molecule has 142 valence electrons. The van der Waals surface area contributed by atoms with Gasteiger partial charge in [0.15, 0.2) is 0 Å². The van der Waals surface area contributed by atoms with Crippen molar-refractivity contribution in [2.45, 2.75) is 44.7 Å². The Balaban J connectivity index is 1.28. The third-order valence-electron chi connectivity index (χ3n) is 5.07. The predicted molar refractivity (Wildman–Crippen MR) is 109 cm³/mol. The molecule has 0 unspecified atom stereocenters.